The molecule has 0 aliphatic rings. The number of nitrogens with zero attached hydrogens (tertiary/aromatic N) is 4. The molecule has 0 radical (unpaired) electrons. The second-order valence-electron chi connectivity index (χ2n) is 5.80. The van der Waals surface area contributed by atoms with E-state index in [1.165, 1.54) is 0 Å². The first-order valence-corrected chi connectivity index (χ1v) is 8.69. The molecule has 2 N–H and O–H groups in total. The van der Waals surface area contributed by atoms with E-state index in [1.54, 1.807) is 24.3 Å². The highest BCUT2D eigenvalue weighted by Gasteiger charge is 2.11. The van der Waals surface area contributed by atoms with Crippen LogP contribution in [0.4, 0.5) is 0 Å². The zero-order valence-electron chi connectivity index (χ0n) is 14.9. The first-order chi connectivity index (χ1) is 13.5. The van der Waals surface area contributed by atoms with Crippen LogP contribution >= 0.6 is 11.6 Å². The predicted molar refractivity (Wildman–Crippen MR) is 101 cm³/mol. The van der Waals surface area contributed by atoms with Gasteiger partial charge in [0.1, 0.15) is 12.3 Å². The van der Waals surface area contributed by atoms with Gasteiger partial charge in [0.25, 0.3) is 11.8 Å². The van der Waals surface area contributed by atoms with Crippen LogP contribution in [0.15, 0.2) is 48.5 Å². The lowest BCUT2D eigenvalue weighted by Gasteiger charge is -2.08. The second-order valence-corrected chi connectivity index (χ2v) is 6.23. The van der Waals surface area contributed by atoms with Gasteiger partial charge in [0, 0.05) is 10.6 Å². The van der Waals surface area contributed by atoms with Crippen molar-refractivity contribution in [2.45, 2.75) is 13.5 Å². The molecule has 0 spiro atoms. The van der Waals surface area contributed by atoms with Crippen molar-refractivity contribution in [1.29, 1.82) is 0 Å². The number of aromatic nitrogens is 4. The van der Waals surface area contributed by atoms with E-state index in [9.17, 15) is 9.59 Å². The van der Waals surface area contributed by atoms with Crippen LogP contribution < -0.4 is 15.6 Å². The first-order valence-electron chi connectivity index (χ1n) is 8.31. The first kappa shape index (κ1) is 19.3. The normalized spacial score (nSPS) is 10.4. The molecule has 1 aromatic heterocycles. The molecule has 3 rings (SSSR count). The number of hydrogen-bond acceptors (Lipinski definition) is 6. The largest absolute Gasteiger partial charge is 0.484 e. The Labute approximate surface area is 165 Å². The van der Waals surface area contributed by atoms with Crippen LogP contribution in [-0.2, 0) is 16.1 Å². The number of halogens is 1. The van der Waals surface area contributed by atoms with E-state index in [1.807, 2.05) is 31.2 Å². The summed E-state index contributed by atoms with van der Waals surface area (Å²) in [6.07, 6.45) is 0. The summed E-state index contributed by atoms with van der Waals surface area (Å²) in [6.45, 7) is 1.47. The monoisotopic (exact) mass is 400 g/mol. The van der Waals surface area contributed by atoms with Gasteiger partial charge in [-0.2, -0.15) is 4.80 Å². The maximum atomic E-state index is 11.9. The van der Waals surface area contributed by atoms with Crippen molar-refractivity contribution in [3.05, 3.63) is 59.1 Å². The molecule has 28 heavy (non-hydrogen) atoms. The molecule has 0 aliphatic heterocycles. The maximum absolute atomic E-state index is 11.9. The topological polar surface area (TPSA) is 111 Å². The molecule has 0 saturated heterocycles. The number of hydrazine groups is 1. The zero-order chi connectivity index (χ0) is 19.9. The Morgan fingerprint density at radius 3 is 2.54 bits per heavy atom. The molecule has 0 saturated carbocycles. The molecule has 0 bridgehead atoms. The number of rotatable bonds is 6. The van der Waals surface area contributed by atoms with Gasteiger partial charge in [-0.05, 0) is 42.0 Å². The van der Waals surface area contributed by atoms with Crippen molar-refractivity contribution in [2.24, 2.45) is 0 Å². The van der Waals surface area contributed by atoms with E-state index >= 15 is 0 Å². The zero-order valence-corrected chi connectivity index (χ0v) is 15.7. The van der Waals surface area contributed by atoms with Crippen LogP contribution in [0.25, 0.3) is 11.4 Å². The van der Waals surface area contributed by atoms with E-state index in [0.29, 0.717) is 16.6 Å². The average molecular weight is 401 g/mol. The predicted octanol–water partition coefficient (Wildman–Crippen LogP) is 1.53. The second kappa shape index (κ2) is 8.96. The molecule has 0 atom stereocenters. The maximum Gasteiger partial charge on any atom is 0.276 e. The number of nitrogens with one attached hydrogen (secondary N) is 2. The standard InChI is InChI=1S/C18H17ClN6O3/c1-12-4-2-3-5-15(12)18-22-24-25(23-18)10-16(26)20-21-17(27)11-28-14-8-6-13(19)7-9-14/h2-9H,10-11H2,1H3,(H,20,26)(H,21,27). The Bertz CT molecular complexity index is 973. The minimum absolute atomic E-state index is 0.197. The molecule has 3 aromatic rings. The fraction of sp³-hybridized carbons (Fsp3) is 0.167. The van der Waals surface area contributed by atoms with Gasteiger partial charge in [-0.1, -0.05) is 35.9 Å². The molecule has 0 fully saturated rings. The summed E-state index contributed by atoms with van der Waals surface area (Å²) in [4.78, 5) is 24.8. The van der Waals surface area contributed by atoms with Crippen molar-refractivity contribution >= 4 is 23.4 Å². The molecule has 2 aromatic carbocycles. The van der Waals surface area contributed by atoms with Crippen molar-refractivity contribution in [1.82, 2.24) is 31.1 Å². The number of amides is 2. The fourth-order valence-corrected chi connectivity index (χ4v) is 2.39. The summed E-state index contributed by atoms with van der Waals surface area (Å²) in [6, 6.07) is 14.2. The molecular weight excluding hydrogens is 384 g/mol. The van der Waals surface area contributed by atoms with Gasteiger partial charge in [-0.15, -0.1) is 10.2 Å². The number of benzene rings is 2. The highest BCUT2D eigenvalue weighted by Crippen LogP contribution is 2.17. The molecule has 9 nitrogen and oxygen atoms in total. The van der Waals surface area contributed by atoms with Crippen LogP contribution in [-0.4, -0.2) is 38.6 Å². The van der Waals surface area contributed by atoms with E-state index in [4.69, 9.17) is 16.3 Å². The highest BCUT2D eigenvalue weighted by atomic mass is 35.5. The minimum Gasteiger partial charge on any atom is -0.484 e. The van der Waals surface area contributed by atoms with Crippen LogP contribution in [0.3, 0.4) is 0 Å². The summed E-state index contributed by atoms with van der Waals surface area (Å²) in [7, 11) is 0. The third kappa shape index (κ3) is 5.27. The van der Waals surface area contributed by atoms with Gasteiger partial charge in [0.2, 0.25) is 5.82 Å². The van der Waals surface area contributed by atoms with Crippen molar-refractivity contribution in [2.75, 3.05) is 6.61 Å². The number of tetrazole rings is 1. The van der Waals surface area contributed by atoms with E-state index < -0.39 is 11.8 Å². The van der Waals surface area contributed by atoms with Crippen LogP contribution in [0.2, 0.25) is 5.02 Å². The summed E-state index contributed by atoms with van der Waals surface area (Å²) >= 11 is 5.77. The third-order valence-electron chi connectivity index (χ3n) is 3.65. The third-order valence-corrected chi connectivity index (χ3v) is 3.90. The van der Waals surface area contributed by atoms with Gasteiger partial charge in [0.05, 0.1) is 0 Å². The molecule has 0 unspecified atom stereocenters. The van der Waals surface area contributed by atoms with E-state index in [-0.39, 0.29) is 13.2 Å². The molecular formula is C18H17ClN6O3. The van der Waals surface area contributed by atoms with Crippen LogP contribution in [0.1, 0.15) is 5.56 Å². The number of carbonyl (C=O) groups excluding carboxylic acids is 2. The summed E-state index contributed by atoms with van der Waals surface area (Å²) < 4.78 is 5.27. The molecule has 2 amide bonds. The highest BCUT2D eigenvalue weighted by molar-refractivity contribution is 6.30. The molecule has 144 valence electrons. The summed E-state index contributed by atoms with van der Waals surface area (Å²) in [5.74, 6) is -0.114. The van der Waals surface area contributed by atoms with Crippen LogP contribution in [0, 0.1) is 6.92 Å². The number of ether oxygens (including phenoxy) is 1. The van der Waals surface area contributed by atoms with E-state index in [0.717, 1.165) is 15.9 Å². The molecule has 0 aliphatic carbocycles. The van der Waals surface area contributed by atoms with E-state index in [2.05, 4.69) is 26.3 Å². The Morgan fingerprint density at radius 2 is 1.79 bits per heavy atom. The SMILES string of the molecule is Cc1ccccc1-c1nnn(CC(=O)NNC(=O)COc2ccc(Cl)cc2)n1. The average Bonchev–Trinajstić information content (AvgIpc) is 3.14. The van der Waals surface area contributed by atoms with Crippen molar-refractivity contribution < 1.29 is 14.3 Å². The van der Waals surface area contributed by atoms with Gasteiger partial charge < -0.3 is 4.74 Å². The summed E-state index contributed by atoms with van der Waals surface area (Å²) in [5.41, 5.74) is 6.36. The summed E-state index contributed by atoms with van der Waals surface area (Å²) in [5, 5.41) is 12.5. The molecule has 1 heterocycles. The number of aryl methyl sites for hydroxylation is 1. The lowest BCUT2D eigenvalue weighted by molar-refractivity contribution is -0.130. The lowest BCUT2D eigenvalue weighted by Crippen LogP contribution is -2.45. The Kier molecular flexibility index (Phi) is 6.18. The number of hydrogen-bond donors (Lipinski definition) is 2. The van der Waals surface area contributed by atoms with Crippen molar-refractivity contribution in [3.63, 3.8) is 0 Å². The quantitative estimate of drug-likeness (QED) is 0.607. The van der Waals surface area contributed by atoms with Crippen molar-refractivity contribution in [3.8, 4) is 17.1 Å². The lowest BCUT2D eigenvalue weighted by atomic mass is 10.1. The fourth-order valence-electron chi connectivity index (χ4n) is 2.27. The molecule has 10 heteroatoms. The Hall–Kier alpha value is -3.46. The Balaban J connectivity index is 1.45. The van der Waals surface area contributed by atoms with Gasteiger partial charge in [-0.25, -0.2) is 0 Å². The Morgan fingerprint density at radius 1 is 1.07 bits per heavy atom. The van der Waals surface area contributed by atoms with Gasteiger partial charge in [-0.3, -0.25) is 20.4 Å². The van der Waals surface area contributed by atoms with Crippen LogP contribution in [0.5, 0.6) is 5.75 Å². The minimum atomic E-state index is -0.518. The number of carbonyl (C=O) groups is 2. The van der Waals surface area contributed by atoms with Gasteiger partial charge in [0.15, 0.2) is 6.61 Å². The smallest absolute Gasteiger partial charge is 0.276 e. The van der Waals surface area contributed by atoms with Gasteiger partial charge >= 0.3 is 0 Å².